The average Bonchev–Trinajstić information content (AvgIpc) is 2.40. The molecule has 0 saturated carbocycles. The molecule has 0 amide bonds. The number of hydrogen-bond acceptors (Lipinski definition) is 4. The van der Waals surface area contributed by atoms with Crippen LogP contribution < -0.4 is 10.0 Å². The highest BCUT2D eigenvalue weighted by atomic mass is 32.2. The quantitative estimate of drug-likeness (QED) is 0.658. The normalized spacial score (nSPS) is 11.7. The smallest absolute Gasteiger partial charge is 0.240 e. The van der Waals surface area contributed by atoms with Crippen LogP contribution in [0.5, 0.6) is 0 Å². The van der Waals surface area contributed by atoms with E-state index in [1.54, 1.807) is 12.1 Å². The predicted molar refractivity (Wildman–Crippen MR) is 75.8 cm³/mol. The number of nitrogens with one attached hydrogen (secondary N) is 2. The van der Waals surface area contributed by atoms with Crippen LogP contribution in [0.25, 0.3) is 0 Å². The van der Waals surface area contributed by atoms with Crippen molar-refractivity contribution in [3.8, 4) is 0 Å². The van der Waals surface area contributed by atoms with Crippen molar-refractivity contribution < 1.29 is 13.2 Å². The Balaban J connectivity index is 2.59. The third-order valence-electron chi connectivity index (χ3n) is 2.67. The zero-order chi connectivity index (χ0) is 14.1. The summed E-state index contributed by atoms with van der Waals surface area (Å²) >= 11 is 0. The van der Waals surface area contributed by atoms with E-state index >= 15 is 0 Å². The van der Waals surface area contributed by atoms with E-state index in [-0.39, 0.29) is 11.4 Å². The van der Waals surface area contributed by atoms with E-state index in [1.165, 1.54) is 7.11 Å². The number of benzene rings is 1. The highest BCUT2D eigenvalue weighted by Gasteiger charge is 2.12. The number of likely N-dealkylation sites (N-methyl/N-ethyl adjacent to an activating group) is 1. The molecule has 0 fully saturated rings. The number of sulfonamides is 1. The Morgan fingerprint density at radius 1 is 1.16 bits per heavy atom. The minimum Gasteiger partial charge on any atom is -0.383 e. The molecule has 0 radical (unpaired) electrons. The first-order chi connectivity index (χ1) is 9.10. The van der Waals surface area contributed by atoms with Gasteiger partial charge in [0.15, 0.2) is 0 Å². The monoisotopic (exact) mass is 286 g/mol. The zero-order valence-electron chi connectivity index (χ0n) is 11.5. The molecule has 19 heavy (non-hydrogen) atoms. The Morgan fingerprint density at radius 3 is 2.42 bits per heavy atom. The molecule has 6 heteroatoms. The third-order valence-corrected chi connectivity index (χ3v) is 4.15. The van der Waals surface area contributed by atoms with Gasteiger partial charge in [-0.2, -0.15) is 0 Å². The van der Waals surface area contributed by atoms with E-state index in [0.29, 0.717) is 6.61 Å². The SMILES string of the molecule is CCNCCc1ccc(S(=O)(=O)NCCOC)cc1. The van der Waals surface area contributed by atoms with Gasteiger partial charge in [-0.1, -0.05) is 19.1 Å². The molecule has 5 nitrogen and oxygen atoms in total. The number of methoxy groups -OCH3 is 1. The molecule has 108 valence electrons. The van der Waals surface area contributed by atoms with Crippen molar-refractivity contribution >= 4 is 10.0 Å². The minimum absolute atomic E-state index is 0.279. The predicted octanol–water partition coefficient (Wildman–Crippen LogP) is 0.763. The van der Waals surface area contributed by atoms with E-state index in [0.717, 1.165) is 25.1 Å². The molecule has 0 heterocycles. The van der Waals surface area contributed by atoms with Crippen LogP contribution in [0.3, 0.4) is 0 Å². The summed E-state index contributed by atoms with van der Waals surface area (Å²) in [4.78, 5) is 0.288. The van der Waals surface area contributed by atoms with Gasteiger partial charge in [0.25, 0.3) is 0 Å². The van der Waals surface area contributed by atoms with Gasteiger partial charge in [-0.25, -0.2) is 13.1 Å². The van der Waals surface area contributed by atoms with Gasteiger partial charge in [0.05, 0.1) is 11.5 Å². The fraction of sp³-hybridized carbons (Fsp3) is 0.538. The van der Waals surface area contributed by atoms with Gasteiger partial charge in [0.1, 0.15) is 0 Å². The molecule has 0 aromatic heterocycles. The van der Waals surface area contributed by atoms with Crippen LogP contribution in [-0.2, 0) is 21.2 Å². The van der Waals surface area contributed by atoms with Crippen molar-refractivity contribution in [1.29, 1.82) is 0 Å². The molecule has 0 bridgehead atoms. The molecule has 0 aliphatic carbocycles. The first-order valence-corrected chi connectivity index (χ1v) is 7.86. The largest absolute Gasteiger partial charge is 0.383 e. The maximum Gasteiger partial charge on any atom is 0.240 e. The Labute approximate surface area is 115 Å². The lowest BCUT2D eigenvalue weighted by atomic mass is 10.1. The minimum atomic E-state index is -3.42. The van der Waals surface area contributed by atoms with Crippen molar-refractivity contribution in [2.45, 2.75) is 18.2 Å². The maximum atomic E-state index is 11.9. The van der Waals surface area contributed by atoms with Gasteiger partial charge in [-0.15, -0.1) is 0 Å². The second-order valence-electron chi connectivity index (χ2n) is 4.14. The lowest BCUT2D eigenvalue weighted by Crippen LogP contribution is -2.27. The second kappa shape index (κ2) is 8.27. The van der Waals surface area contributed by atoms with Gasteiger partial charge in [0.2, 0.25) is 10.0 Å². The molecule has 0 aliphatic rings. The van der Waals surface area contributed by atoms with Gasteiger partial charge < -0.3 is 10.1 Å². The van der Waals surface area contributed by atoms with Crippen molar-refractivity contribution in [3.63, 3.8) is 0 Å². The zero-order valence-corrected chi connectivity index (χ0v) is 12.3. The molecule has 0 aliphatic heterocycles. The molecule has 0 unspecified atom stereocenters. The molecule has 0 saturated heterocycles. The number of rotatable bonds is 9. The van der Waals surface area contributed by atoms with Crippen molar-refractivity contribution in [1.82, 2.24) is 10.0 Å². The fourth-order valence-electron chi connectivity index (χ4n) is 1.61. The number of ether oxygens (including phenoxy) is 1. The van der Waals surface area contributed by atoms with E-state index in [1.807, 2.05) is 12.1 Å². The number of hydrogen-bond donors (Lipinski definition) is 2. The van der Waals surface area contributed by atoms with Crippen molar-refractivity contribution in [2.75, 3.05) is 33.4 Å². The van der Waals surface area contributed by atoms with E-state index < -0.39 is 10.0 Å². The van der Waals surface area contributed by atoms with Crippen molar-refractivity contribution in [3.05, 3.63) is 29.8 Å². The summed E-state index contributed by atoms with van der Waals surface area (Å²) < 4.78 is 31.1. The molecule has 2 N–H and O–H groups in total. The van der Waals surface area contributed by atoms with Crippen LogP contribution in [0.2, 0.25) is 0 Å². The molecule has 1 aromatic carbocycles. The summed E-state index contributed by atoms with van der Waals surface area (Å²) in [5, 5.41) is 3.23. The molecule has 1 rings (SSSR count). The molecular weight excluding hydrogens is 264 g/mol. The Bertz CT molecular complexity index is 457. The summed E-state index contributed by atoms with van der Waals surface area (Å²) in [6.07, 6.45) is 0.894. The topological polar surface area (TPSA) is 67.4 Å². The van der Waals surface area contributed by atoms with Crippen LogP contribution >= 0.6 is 0 Å². The van der Waals surface area contributed by atoms with Crippen LogP contribution in [-0.4, -0.2) is 41.8 Å². The van der Waals surface area contributed by atoms with Crippen LogP contribution in [0.15, 0.2) is 29.2 Å². The Kier molecular flexibility index (Phi) is 7.01. The second-order valence-corrected chi connectivity index (χ2v) is 5.91. The summed E-state index contributed by atoms with van der Waals surface area (Å²) in [6.45, 7) is 4.53. The van der Waals surface area contributed by atoms with Gasteiger partial charge in [-0.05, 0) is 37.2 Å². The summed E-state index contributed by atoms with van der Waals surface area (Å²) in [7, 11) is -1.88. The van der Waals surface area contributed by atoms with E-state index in [4.69, 9.17) is 4.74 Å². The van der Waals surface area contributed by atoms with Crippen molar-refractivity contribution in [2.24, 2.45) is 0 Å². The average molecular weight is 286 g/mol. The fourth-order valence-corrected chi connectivity index (χ4v) is 2.62. The van der Waals surface area contributed by atoms with Crippen LogP contribution in [0, 0.1) is 0 Å². The van der Waals surface area contributed by atoms with Crippen LogP contribution in [0.4, 0.5) is 0 Å². The summed E-state index contributed by atoms with van der Waals surface area (Å²) in [5.74, 6) is 0. The summed E-state index contributed by atoms with van der Waals surface area (Å²) in [5.41, 5.74) is 1.12. The van der Waals surface area contributed by atoms with Gasteiger partial charge in [-0.3, -0.25) is 0 Å². The Morgan fingerprint density at radius 2 is 1.84 bits per heavy atom. The first kappa shape index (κ1) is 16.1. The highest BCUT2D eigenvalue weighted by Crippen LogP contribution is 2.10. The third kappa shape index (κ3) is 5.69. The maximum absolute atomic E-state index is 11.9. The molecule has 1 aromatic rings. The lowest BCUT2D eigenvalue weighted by Gasteiger charge is -2.07. The molecular formula is C13H22N2O3S. The molecule has 0 atom stereocenters. The first-order valence-electron chi connectivity index (χ1n) is 6.38. The van der Waals surface area contributed by atoms with Crippen LogP contribution in [0.1, 0.15) is 12.5 Å². The molecule has 0 spiro atoms. The lowest BCUT2D eigenvalue weighted by molar-refractivity contribution is 0.204. The van der Waals surface area contributed by atoms with Gasteiger partial charge in [0, 0.05) is 13.7 Å². The summed E-state index contributed by atoms with van der Waals surface area (Å²) in [6, 6.07) is 6.97. The van der Waals surface area contributed by atoms with E-state index in [9.17, 15) is 8.42 Å². The highest BCUT2D eigenvalue weighted by molar-refractivity contribution is 7.89. The standard InChI is InChI=1S/C13H22N2O3S/c1-3-14-9-8-12-4-6-13(7-5-12)19(16,17)15-10-11-18-2/h4-7,14-15H,3,8-11H2,1-2H3. The Hall–Kier alpha value is -0.950. The van der Waals surface area contributed by atoms with E-state index in [2.05, 4.69) is 17.0 Å². The van der Waals surface area contributed by atoms with Gasteiger partial charge >= 0.3 is 0 Å².